The first-order valence-electron chi connectivity index (χ1n) is 3.86. The topological polar surface area (TPSA) is 83.8 Å². The number of hydrogen-bond acceptors (Lipinski definition) is 3. The number of nitrogens with two attached hydrogens (primary N) is 1. The molecule has 2 rings (SSSR count). The number of fused-ring (bicyclic) bond motifs is 1. The van der Waals surface area contributed by atoms with Gasteiger partial charge in [0.25, 0.3) is 5.91 Å². The molecule has 4 N–H and O–H groups in total. The lowest BCUT2D eigenvalue weighted by Gasteiger charge is -1.95. The summed E-state index contributed by atoms with van der Waals surface area (Å²) in [5, 5.41) is 0.410. The van der Waals surface area contributed by atoms with Crippen molar-refractivity contribution in [1.82, 2.24) is 15.4 Å². The Hall–Kier alpha value is -1.95. The lowest BCUT2D eigenvalue weighted by atomic mass is 10.2. The van der Waals surface area contributed by atoms with Gasteiger partial charge in [-0.1, -0.05) is 0 Å². The van der Waals surface area contributed by atoms with E-state index in [1.54, 1.807) is 0 Å². The fraction of sp³-hybridized carbons (Fsp3) is 0. The summed E-state index contributed by atoms with van der Waals surface area (Å²) < 4.78 is 12.8. The number of nitrogen functional groups attached to an aromatic ring is 1. The lowest BCUT2D eigenvalue weighted by Crippen LogP contribution is -2.29. The second-order valence-corrected chi connectivity index (χ2v) is 2.73. The van der Waals surface area contributed by atoms with Gasteiger partial charge in [-0.05, 0) is 6.07 Å². The zero-order valence-corrected chi connectivity index (χ0v) is 7.04. The standard InChI is InChI=1S/C8H7FN4O/c9-4-1-5-6(8(14)13-10)3-12-7(5)11-2-4/h1-3H,10H2,(H,11,12)(H,13,14). The summed E-state index contributed by atoms with van der Waals surface area (Å²) in [7, 11) is 0. The summed E-state index contributed by atoms with van der Waals surface area (Å²) in [6.45, 7) is 0. The molecule has 0 bridgehead atoms. The average molecular weight is 194 g/mol. The van der Waals surface area contributed by atoms with Crippen LogP contribution in [0.1, 0.15) is 10.4 Å². The number of carbonyl (C=O) groups excluding carboxylic acids is 1. The number of aromatic nitrogens is 2. The Labute approximate surface area is 78.1 Å². The van der Waals surface area contributed by atoms with Gasteiger partial charge in [-0.3, -0.25) is 10.2 Å². The van der Waals surface area contributed by atoms with Crippen molar-refractivity contribution in [2.45, 2.75) is 0 Å². The maximum atomic E-state index is 12.8. The molecule has 5 nitrogen and oxygen atoms in total. The highest BCUT2D eigenvalue weighted by molar-refractivity contribution is 6.05. The van der Waals surface area contributed by atoms with Crippen LogP contribution in [0, 0.1) is 5.82 Å². The summed E-state index contributed by atoms with van der Waals surface area (Å²) >= 11 is 0. The SMILES string of the molecule is NNC(=O)c1c[nH]c2ncc(F)cc12. The van der Waals surface area contributed by atoms with Crippen LogP contribution in [-0.2, 0) is 0 Å². The number of nitrogens with zero attached hydrogens (tertiary/aromatic N) is 1. The molecule has 0 aliphatic rings. The monoisotopic (exact) mass is 194 g/mol. The molecule has 0 aliphatic carbocycles. The highest BCUT2D eigenvalue weighted by Crippen LogP contribution is 2.16. The normalized spacial score (nSPS) is 10.4. The van der Waals surface area contributed by atoms with E-state index in [9.17, 15) is 9.18 Å². The minimum absolute atomic E-state index is 0.273. The largest absolute Gasteiger partial charge is 0.345 e. The van der Waals surface area contributed by atoms with Crippen LogP contribution in [0.25, 0.3) is 11.0 Å². The van der Waals surface area contributed by atoms with E-state index in [-0.39, 0.29) is 5.56 Å². The predicted molar refractivity (Wildman–Crippen MR) is 47.7 cm³/mol. The van der Waals surface area contributed by atoms with E-state index < -0.39 is 11.7 Å². The van der Waals surface area contributed by atoms with Crippen molar-refractivity contribution in [3.63, 3.8) is 0 Å². The Kier molecular flexibility index (Phi) is 1.90. The van der Waals surface area contributed by atoms with Crippen LogP contribution in [0.5, 0.6) is 0 Å². The summed E-state index contributed by atoms with van der Waals surface area (Å²) in [6, 6.07) is 1.23. The third-order valence-electron chi connectivity index (χ3n) is 1.87. The summed E-state index contributed by atoms with van der Waals surface area (Å²) in [5.74, 6) is 3.98. The fourth-order valence-corrected chi connectivity index (χ4v) is 1.24. The number of rotatable bonds is 1. The van der Waals surface area contributed by atoms with Crippen LogP contribution in [0.3, 0.4) is 0 Å². The van der Waals surface area contributed by atoms with Crippen molar-refractivity contribution in [2.75, 3.05) is 0 Å². The number of carbonyl (C=O) groups is 1. The number of halogens is 1. The van der Waals surface area contributed by atoms with Gasteiger partial charge in [0, 0.05) is 11.6 Å². The van der Waals surface area contributed by atoms with Gasteiger partial charge < -0.3 is 4.98 Å². The molecule has 0 saturated carbocycles. The fourth-order valence-electron chi connectivity index (χ4n) is 1.24. The van der Waals surface area contributed by atoms with Gasteiger partial charge in [0.2, 0.25) is 0 Å². The maximum Gasteiger partial charge on any atom is 0.267 e. The molecule has 1 amide bonds. The van der Waals surface area contributed by atoms with Crippen molar-refractivity contribution < 1.29 is 9.18 Å². The molecule has 0 saturated heterocycles. The van der Waals surface area contributed by atoms with Crippen molar-refractivity contribution in [1.29, 1.82) is 0 Å². The predicted octanol–water partition coefficient (Wildman–Crippen LogP) is 0.305. The highest BCUT2D eigenvalue weighted by Gasteiger charge is 2.11. The first-order valence-corrected chi connectivity index (χ1v) is 3.86. The van der Waals surface area contributed by atoms with Crippen molar-refractivity contribution in [3.8, 4) is 0 Å². The van der Waals surface area contributed by atoms with Crippen LogP contribution >= 0.6 is 0 Å². The molecule has 0 aromatic carbocycles. The summed E-state index contributed by atoms with van der Waals surface area (Å²) in [4.78, 5) is 17.7. The number of amides is 1. The van der Waals surface area contributed by atoms with E-state index in [0.29, 0.717) is 11.0 Å². The zero-order valence-electron chi connectivity index (χ0n) is 7.04. The van der Waals surface area contributed by atoms with Gasteiger partial charge in [-0.15, -0.1) is 0 Å². The zero-order chi connectivity index (χ0) is 10.1. The molecule has 2 aromatic heterocycles. The maximum absolute atomic E-state index is 12.8. The Bertz CT molecular complexity index is 493. The van der Waals surface area contributed by atoms with Crippen LogP contribution in [0.4, 0.5) is 4.39 Å². The quantitative estimate of drug-likeness (QED) is 0.347. The number of aromatic amines is 1. The lowest BCUT2D eigenvalue weighted by molar-refractivity contribution is 0.0955. The Balaban J connectivity index is 2.67. The molecule has 0 spiro atoms. The molecule has 2 heterocycles. The van der Waals surface area contributed by atoms with E-state index in [2.05, 4.69) is 9.97 Å². The molecular weight excluding hydrogens is 187 g/mol. The van der Waals surface area contributed by atoms with Gasteiger partial charge in [0.15, 0.2) is 0 Å². The van der Waals surface area contributed by atoms with Gasteiger partial charge in [-0.2, -0.15) is 0 Å². The number of hydrogen-bond donors (Lipinski definition) is 3. The summed E-state index contributed by atoms with van der Waals surface area (Å²) in [5.41, 5.74) is 2.69. The second-order valence-electron chi connectivity index (χ2n) is 2.73. The highest BCUT2D eigenvalue weighted by atomic mass is 19.1. The van der Waals surface area contributed by atoms with Gasteiger partial charge in [0.1, 0.15) is 11.5 Å². The van der Waals surface area contributed by atoms with Gasteiger partial charge in [0.05, 0.1) is 11.8 Å². The van der Waals surface area contributed by atoms with E-state index in [1.807, 2.05) is 5.43 Å². The van der Waals surface area contributed by atoms with Crippen LogP contribution in [-0.4, -0.2) is 15.9 Å². The third-order valence-corrected chi connectivity index (χ3v) is 1.87. The van der Waals surface area contributed by atoms with Crippen LogP contribution in [0.15, 0.2) is 18.5 Å². The summed E-state index contributed by atoms with van der Waals surface area (Å²) in [6.07, 6.45) is 2.50. The molecule has 0 unspecified atom stereocenters. The van der Waals surface area contributed by atoms with Crippen LogP contribution < -0.4 is 11.3 Å². The van der Waals surface area contributed by atoms with Crippen molar-refractivity contribution >= 4 is 16.9 Å². The van der Waals surface area contributed by atoms with E-state index in [1.165, 1.54) is 12.3 Å². The number of pyridine rings is 1. The minimum atomic E-state index is -0.497. The van der Waals surface area contributed by atoms with E-state index in [4.69, 9.17) is 5.84 Å². The molecule has 0 radical (unpaired) electrons. The average Bonchev–Trinajstić information content (AvgIpc) is 2.59. The van der Waals surface area contributed by atoms with E-state index in [0.717, 1.165) is 6.20 Å². The minimum Gasteiger partial charge on any atom is -0.345 e. The van der Waals surface area contributed by atoms with Crippen molar-refractivity contribution in [3.05, 3.63) is 29.8 Å². The number of H-pyrrole nitrogens is 1. The molecule has 0 atom stereocenters. The Morgan fingerprint density at radius 3 is 3.14 bits per heavy atom. The second kappa shape index (κ2) is 3.08. The molecular formula is C8H7FN4O. The van der Waals surface area contributed by atoms with Crippen LogP contribution in [0.2, 0.25) is 0 Å². The molecule has 0 fully saturated rings. The Morgan fingerprint density at radius 1 is 1.64 bits per heavy atom. The first-order chi connectivity index (χ1) is 6.72. The first kappa shape index (κ1) is 8.64. The Morgan fingerprint density at radius 2 is 2.43 bits per heavy atom. The molecule has 14 heavy (non-hydrogen) atoms. The van der Waals surface area contributed by atoms with Gasteiger partial charge in [-0.25, -0.2) is 15.2 Å². The van der Waals surface area contributed by atoms with E-state index >= 15 is 0 Å². The van der Waals surface area contributed by atoms with Crippen molar-refractivity contribution in [2.24, 2.45) is 5.84 Å². The number of hydrazine groups is 1. The molecule has 6 heteroatoms. The number of nitrogens with one attached hydrogen (secondary N) is 2. The smallest absolute Gasteiger partial charge is 0.267 e. The molecule has 0 aliphatic heterocycles. The third kappa shape index (κ3) is 1.21. The van der Waals surface area contributed by atoms with Gasteiger partial charge >= 0.3 is 0 Å². The molecule has 72 valence electrons. The molecule has 2 aromatic rings.